The van der Waals surface area contributed by atoms with Gasteiger partial charge in [0, 0.05) is 13.1 Å². The standard InChI is InChI=1S/C13H15N5OS/c1-8(12-16-14-7-17(12)2)18-11-6-9(19-3)4-5-10(11)15-13(18)20/h4-8H,1-3H3,(H,15,20). The lowest BCUT2D eigenvalue weighted by molar-refractivity contribution is 0.415. The minimum absolute atomic E-state index is 0.0177. The molecule has 0 bridgehead atoms. The molecule has 3 rings (SSSR count). The molecule has 1 aromatic carbocycles. The molecule has 0 aliphatic carbocycles. The maximum absolute atomic E-state index is 5.44. The number of H-pyrrole nitrogens is 1. The predicted molar refractivity (Wildman–Crippen MR) is 78.5 cm³/mol. The molecule has 2 aromatic heterocycles. The normalized spacial score (nSPS) is 12.8. The average molecular weight is 289 g/mol. The Morgan fingerprint density at radius 3 is 2.85 bits per heavy atom. The Morgan fingerprint density at radius 1 is 1.40 bits per heavy atom. The third-order valence-corrected chi connectivity index (χ3v) is 3.73. The van der Waals surface area contributed by atoms with Crippen LogP contribution < -0.4 is 4.74 Å². The second-order valence-corrected chi connectivity index (χ2v) is 5.05. The van der Waals surface area contributed by atoms with Gasteiger partial charge in [0.1, 0.15) is 12.1 Å². The highest BCUT2D eigenvalue weighted by Crippen LogP contribution is 2.26. The molecule has 0 spiro atoms. The van der Waals surface area contributed by atoms with Crippen molar-refractivity contribution in [1.29, 1.82) is 0 Å². The Bertz CT molecular complexity index is 816. The summed E-state index contributed by atoms with van der Waals surface area (Å²) >= 11 is 5.44. The zero-order chi connectivity index (χ0) is 14.3. The van der Waals surface area contributed by atoms with E-state index in [9.17, 15) is 0 Å². The number of rotatable bonds is 3. The summed E-state index contributed by atoms with van der Waals surface area (Å²) < 4.78 is 9.86. The van der Waals surface area contributed by atoms with Crippen LogP contribution in [-0.2, 0) is 7.05 Å². The summed E-state index contributed by atoms with van der Waals surface area (Å²) in [5, 5.41) is 8.09. The van der Waals surface area contributed by atoms with Crippen LogP contribution in [0.25, 0.3) is 11.0 Å². The predicted octanol–water partition coefficient (Wildman–Crippen LogP) is 2.45. The van der Waals surface area contributed by atoms with Crippen LogP contribution in [0.3, 0.4) is 0 Å². The summed E-state index contributed by atoms with van der Waals surface area (Å²) in [7, 11) is 3.57. The molecule has 0 saturated carbocycles. The number of aromatic nitrogens is 5. The topological polar surface area (TPSA) is 60.7 Å². The molecule has 1 atom stereocenters. The summed E-state index contributed by atoms with van der Waals surface area (Å²) in [6.07, 6.45) is 1.69. The molecule has 104 valence electrons. The van der Waals surface area contributed by atoms with E-state index in [-0.39, 0.29) is 6.04 Å². The molecule has 20 heavy (non-hydrogen) atoms. The largest absolute Gasteiger partial charge is 0.497 e. The van der Waals surface area contributed by atoms with Gasteiger partial charge in [-0.2, -0.15) is 0 Å². The molecular weight excluding hydrogens is 274 g/mol. The molecule has 2 heterocycles. The second-order valence-electron chi connectivity index (χ2n) is 4.66. The Balaban J connectivity index is 2.22. The van der Waals surface area contributed by atoms with Crippen LogP contribution in [0.5, 0.6) is 5.75 Å². The number of aromatic amines is 1. The highest BCUT2D eigenvalue weighted by Gasteiger charge is 2.17. The molecular formula is C13H15N5OS. The molecule has 0 saturated heterocycles. The Morgan fingerprint density at radius 2 is 2.20 bits per heavy atom. The Hall–Kier alpha value is -2.15. The maximum atomic E-state index is 5.44. The second kappa shape index (κ2) is 4.75. The molecule has 3 aromatic rings. The van der Waals surface area contributed by atoms with Gasteiger partial charge in [-0.15, -0.1) is 10.2 Å². The van der Waals surface area contributed by atoms with E-state index in [4.69, 9.17) is 17.0 Å². The number of benzene rings is 1. The monoisotopic (exact) mass is 289 g/mol. The van der Waals surface area contributed by atoms with Gasteiger partial charge in [-0.05, 0) is 31.3 Å². The summed E-state index contributed by atoms with van der Waals surface area (Å²) in [5.74, 6) is 1.65. The summed E-state index contributed by atoms with van der Waals surface area (Å²) in [6.45, 7) is 2.05. The zero-order valence-corrected chi connectivity index (χ0v) is 12.3. The maximum Gasteiger partial charge on any atom is 0.178 e. The van der Waals surface area contributed by atoms with E-state index in [1.807, 2.05) is 41.3 Å². The number of fused-ring (bicyclic) bond motifs is 1. The molecule has 1 N–H and O–H groups in total. The van der Waals surface area contributed by atoms with Crippen molar-refractivity contribution >= 4 is 23.3 Å². The fraction of sp³-hybridized carbons (Fsp3) is 0.308. The van der Waals surface area contributed by atoms with Crippen LogP contribution in [0.15, 0.2) is 24.5 Å². The molecule has 0 fully saturated rings. The number of imidazole rings is 1. The summed E-state index contributed by atoms with van der Waals surface area (Å²) in [6, 6.07) is 5.82. The van der Waals surface area contributed by atoms with E-state index in [0.717, 1.165) is 22.6 Å². The smallest absolute Gasteiger partial charge is 0.178 e. The van der Waals surface area contributed by atoms with Crippen LogP contribution in [0.2, 0.25) is 0 Å². The number of hydrogen-bond donors (Lipinski definition) is 1. The Labute approximate surface area is 121 Å². The lowest BCUT2D eigenvalue weighted by atomic mass is 10.2. The Kier molecular flexibility index (Phi) is 3.06. The van der Waals surface area contributed by atoms with E-state index in [2.05, 4.69) is 15.2 Å². The number of ether oxygens (including phenoxy) is 1. The van der Waals surface area contributed by atoms with Gasteiger partial charge < -0.3 is 18.9 Å². The van der Waals surface area contributed by atoms with Crippen molar-refractivity contribution < 1.29 is 4.74 Å². The van der Waals surface area contributed by atoms with Gasteiger partial charge in [0.2, 0.25) is 0 Å². The highest BCUT2D eigenvalue weighted by molar-refractivity contribution is 7.71. The lowest BCUT2D eigenvalue weighted by Crippen LogP contribution is -2.12. The van der Waals surface area contributed by atoms with Crippen LogP contribution >= 0.6 is 12.2 Å². The first-order valence-electron chi connectivity index (χ1n) is 6.24. The number of hydrogen-bond acceptors (Lipinski definition) is 4. The van der Waals surface area contributed by atoms with Gasteiger partial charge in [0.15, 0.2) is 10.6 Å². The van der Waals surface area contributed by atoms with Crippen molar-refractivity contribution in [3.05, 3.63) is 35.1 Å². The van der Waals surface area contributed by atoms with Crippen LogP contribution in [0, 0.1) is 4.77 Å². The first kappa shape index (κ1) is 12.9. The lowest BCUT2D eigenvalue weighted by Gasteiger charge is -2.14. The van der Waals surface area contributed by atoms with Crippen molar-refractivity contribution in [3.8, 4) is 5.75 Å². The number of methoxy groups -OCH3 is 1. The molecule has 0 aliphatic rings. The summed E-state index contributed by atoms with van der Waals surface area (Å²) in [4.78, 5) is 3.21. The minimum atomic E-state index is -0.0177. The van der Waals surface area contributed by atoms with E-state index in [0.29, 0.717) is 4.77 Å². The van der Waals surface area contributed by atoms with Crippen molar-refractivity contribution in [2.75, 3.05) is 7.11 Å². The molecule has 7 heteroatoms. The number of aryl methyl sites for hydroxylation is 1. The van der Waals surface area contributed by atoms with Gasteiger partial charge in [0.25, 0.3) is 0 Å². The van der Waals surface area contributed by atoms with Crippen LogP contribution in [0.1, 0.15) is 18.8 Å². The van der Waals surface area contributed by atoms with Crippen molar-refractivity contribution in [2.24, 2.45) is 7.05 Å². The van der Waals surface area contributed by atoms with Gasteiger partial charge in [-0.3, -0.25) is 0 Å². The molecule has 0 radical (unpaired) electrons. The third kappa shape index (κ3) is 1.90. The first-order valence-corrected chi connectivity index (χ1v) is 6.65. The molecule has 6 nitrogen and oxygen atoms in total. The van der Waals surface area contributed by atoms with Crippen molar-refractivity contribution in [1.82, 2.24) is 24.3 Å². The van der Waals surface area contributed by atoms with Gasteiger partial charge in [-0.25, -0.2) is 0 Å². The molecule has 1 unspecified atom stereocenters. The van der Waals surface area contributed by atoms with Crippen LogP contribution in [0.4, 0.5) is 0 Å². The number of nitrogens with zero attached hydrogens (tertiary/aromatic N) is 4. The van der Waals surface area contributed by atoms with Gasteiger partial charge in [0.05, 0.1) is 24.2 Å². The van der Waals surface area contributed by atoms with E-state index < -0.39 is 0 Å². The fourth-order valence-corrected chi connectivity index (χ4v) is 2.77. The van der Waals surface area contributed by atoms with E-state index in [1.165, 1.54) is 0 Å². The highest BCUT2D eigenvalue weighted by atomic mass is 32.1. The van der Waals surface area contributed by atoms with Crippen molar-refractivity contribution in [2.45, 2.75) is 13.0 Å². The molecule has 0 amide bonds. The minimum Gasteiger partial charge on any atom is -0.497 e. The SMILES string of the molecule is COc1ccc2[nH]c(=S)n(C(C)c3nncn3C)c2c1. The van der Waals surface area contributed by atoms with E-state index in [1.54, 1.807) is 13.4 Å². The van der Waals surface area contributed by atoms with Gasteiger partial charge >= 0.3 is 0 Å². The fourth-order valence-electron chi connectivity index (χ4n) is 2.40. The van der Waals surface area contributed by atoms with Crippen molar-refractivity contribution in [3.63, 3.8) is 0 Å². The quantitative estimate of drug-likeness (QED) is 0.752. The zero-order valence-electron chi connectivity index (χ0n) is 11.5. The number of nitrogens with one attached hydrogen (secondary N) is 1. The van der Waals surface area contributed by atoms with Gasteiger partial charge in [-0.1, -0.05) is 0 Å². The summed E-state index contributed by atoms with van der Waals surface area (Å²) in [5.41, 5.74) is 1.97. The van der Waals surface area contributed by atoms with E-state index >= 15 is 0 Å². The third-order valence-electron chi connectivity index (χ3n) is 3.43. The average Bonchev–Trinajstić information content (AvgIpc) is 2.99. The van der Waals surface area contributed by atoms with Crippen LogP contribution in [-0.4, -0.2) is 31.4 Å². The first-order chi connectivity index (χ1) is 9.61. The molecule has 0 aliphatic heterocycles.